The number of phenolic OH excluding ortho intramolecular Hbond substituents is 1. The van der Waals surface area contributed by atoms with Crippen LogP contribution in [-0.4, -0.2) is 26.1 Å². The molecule has 1 aromatic heterocycles. The van der Waals surface area contributed by atoms with Crippen LogP contribution in [0.5, 0.6) is 5.75 Å². The first kappa shape index (κ1) is 27.0. The molecule has 5 heteroatoms. The molecule has 0 aliphatic carbocycles. The van der Waals surface area contributed by atoms with Crippen LogP contribution >= 0.6 is 11.6 Å². The van der Waals surface area contributed by atoms with Gasteiger partial charge in [0.25, 0.3) is 0 Å². The fourth-order valence-corrected chi connectivity index (χ4v) is 4.87. The zero-order chi connectivity index (χ0) is 26.2. The molecule has 1 N–H and O–H groups in total. The van der Waals surface area contributed by atoms with Crippen molar-refractivity contribution in [3.8, 4) is 28.4 Å². The maximum Gasteiger partial charge on any atom is 0.140 e. The third-order valence-electron chi connectivity index (χ3n) is 6.79. The van der Waals surface area contributed by atoms with Gasteiger partial charge >= 0.3 is 0 Å². The van der Waals surface area contributed by atoms with Crippen LogP contribution in [0, 0.1) is 6.92 Å². The minimum absolute atomic E-state index is 0.356. The van der Waals surface area contributed by atoms with Gasteiger partial charge in [-0.2, -0.15) is 0 Å². The summed E-state index contributed by atoms with van der Waals surface area (Å²) in [4.78, 5) is 7.70. The number of nitrogens with zero attached hydrogens (tertiary/aromatic N) is 3. The third-order valence-corrected chi connectivity index (χ3v) is 7.04. The Morgan fingerprint density at radius 1 is 0.865 bits per heavy atom. The number of benzene rings is 3. The quantitative estimate of drug-likeness (QED) is 0.205. The Bertz CT molecular complexity index is 1280. The lowest BCUT2D eigenvalue weighted by Gasteiger charge is -2.25. The Hall–Kier alpha value is -3.08. The second-order valence-corrected chi connectivity index (χ2v) is 10.2. The molecule has 0 aliphatic rings. The van der Waals surface area contributed by atoms with E-state index >= 15 is 0 Å². The lowest BCUT2D eigenvalue weighted by Crippen LogP contribution is -2.26. The van der Waals surface area contributed by atoms with E-state index in [1.54, 1.807) is 6.07 Å². The highest BCUT2D eigenvalue weighted by molar-refractivity contribution is 6.30. The smallest absolute Gasteiger partial charge is 0.140 e. The van der Waals surface area contributed by atoms with Crippen molar-refractivity contribution in [2.45, 2.75) is 66.1 Å². The first-order chi connectivity index (χ1) is 18.0. The standard InChI is InChI=1S/C32H38ClN3O/c1-4-6-19-35(22-27-21-24(3)13-18-30(27)37)23-29-31(25-14-16-28(33)17-15-25)34-32(36(29)20-7-5-2)26-11-9-8-10-12-26/h8-18,21,37H,4-7,19-20,22-23H2,1-3H3. The van der Waals surface area contributed by atoms with Crippen LogP contribution in [-0.2, 0) is 19.6 Å². The van der Waals surface area contributed by atoms with Gasteiger partial charge in [0, 0.05) is 41.3 Å². The number of aromatic nitrogens is 2. The van der Waals surface area contributed by atoms with Crippen LogP contribution in [0.2, 0.25) is 5.02 Å². The van der Waals surface area contributed by atoms with Crippen molar-refractivity contribution >= 4 is 11.6 Å². The van der Waals surface area contributed by atoms with E-state index in [0.717, 1.165) is 84.1 Å². The van der Waals surface area contributed by atoms with Crippen molar-refractivity contribution in [2.75, 3.05) is 6.54 Å². The Kier molecular flexibility index (Phi) is 9.43. The number of rotatable bonds is 12. The molecule has 0 aliphatic heterocycles. The van der Waals surface area contributed by atoms with Crippen molar-refractivity contribution < 1.29 is 5.11 Å². The van der Waals surface area contributed by atoms with Crippen LogP contribution in [0.1, 0.15) is 56.4 Å². The molecule has 0 amide bonds. The summed E-state index contributed by atoms with van der Waals surface area (Å²) in [5.41, 5.74) is 6.52. The van der Waals surface area contributed by atoms with Crippen LogP contribution < -0.4 is 0 Å². The summed E-state index contributed by atoms with van der Waals surface area (Å²) < 4.78 is 2.41. The zero-order valence-electron chi connectivity index (χ0n) is 22.3. The lowest BCUT2D eigenvalue weighted by atomic mass is 10.1. The van der Waals surface area contributed by atoms with Gasteiger partial charge in [0.15, 0.2) is 0 Å². The summed E-state index contributed by atoms with van der Waals surface area (Å²) in [7, 11) is 0. The number of hydrogen-bond acceptors (Lipinski definition) is 3. The predicted molar refractivity (Wildman–Crippen MR) is 155 cm³/mol. The zero-order valence-corrected chi connectivity index (χ0v) is 23.0. The van der Waals surface area contributed by atoms with Gasteiger partial charge in [-0.3, -0.25) is 4.90 Å². The average Bonchev–Trinajstić information content (AvgIpc) is 3.26. The van der Waals surface area contributed by atoms with E-state index in [4.69, 9.17) is 16.6 Å². The van der Waals surface area contributed by atoms with E-state index in [1.165, 1.54) is 5.69 Å². The molecule has 0 bridgehead atoms. The van der Waals surface area contributed by atoms with Gasteiger partial charge in [0.2, 0.25) is 0 Å². The summed E-state index contributed by atoms with van der Waals surface area (Å²) in [6.45, 7) is 9.82. The van der Waals surface area contributed by atoms with Crippen molar-refractivity contribution in [1.82, 2.24) is 14.5 Å². The van der Waals surface area contributed by atoms with Gasteiger partial charge in [-0.15, -0.1) is 0 Å². The fourth-order valence-electron chi connectivity index (χ4n) is 4.74. The number of phenols is 1. The second-order valence-electron chi connectivity index (χ2n) is 9.81. The van der Waals surface area contributed by atoms with Crippen LogP contribution in [0.3, 0.4) is 0 Å². The van der Waals surface area contributed by atoms with E-state index in [-0.39, 0.29) is 0 Å². The highest BCUT2D eigenvalue weighted by Gasteiger charge is 2.22. The number of aromatic hydroxyl groups is 1. The minimum Gasteiger partial charge on any atom is -0.508 e. The molecule has 0 radical (unpaired) electrons. The van der Waals surface area contributed by atoms with Gasteiger partial charge in [-0.05, 0) is 44.5 Å². The maximum atomic E-state index is 10.6. The van der Waals surface area contributed by atoms with Gasteiger partial charge in [0.05, 0.1) is 11.4 Å². The first-order valence-electron chi connectivity index (χ1n) is 13.4. The molecule has 194 valence electrons. The average molecular weight is 516 g/mol. The second kappa shape index (κ2) is 12.9. The number of imidazole rings is 1. The highest BCUT2D eigenvalue weighted by Crippen LogP contribution is 2.32. The summed E-state index contributed by atoms with van der Waals surface area (Å²) in [6.07, 6.45) is 4.40. The molecule has 0 unspecified atom stereocenters. The summed E-state index contributed by atoms with van der Waals surface area (Å²) in [5.74, 6) is 1.36. The van der Waals surface area contributed by atoms with Crippen molar-refractivity contribution in [1.29, 1.82) is 0 Å². The van der Waals surface area contributed by atoms with Crippen molar-refractivity contribution in [2.24, 2.45) is 0 Å². The molecule has 4 nitrogen and oxygen atoms in total. The molecule has 37 heavy (non-hydrogen) atoms. The fraction of sp³-hybridized carbons (Fsp3) is 0.344. The maximum absolute atomic E-state index is 10.6. The predicted octanol–water partition coefficient (Wildman–Crippen LogP) is 8.49. The largest absolute Gasteiger partial charge is 0.508 e. The minimum atomic E-state index is 0.356. The Morgan fingerprint density at radius 2 is 1.59 bits per heavy atom. The molecule has 3 aromatic carbocycles. The molecule has 1 heterocycles. The highest BCUT2D eigenvalue weighted by atomic mass is 35.5. The lowest BCUT2D eigenvalue weighted by molar-refractivity contribution is 0.243. The van der Waals surface area contributed by atoms with E-state index in [0.29, 0.717) is 12.3 Å². The van der Waals surface area contributed by atoms with Gasteiger partial charge < -0.3 is 9.67 Å². The molecule has 0 saturated carbocycles. The summed E-state index contributed by atoms with van der Waals surface area (Å²) in [5, 5.41) is 11.3. The molecular formula is C32H38ClN3O. The van der Waals surface area contributed by atoms with E-state index in [2.05, 4.69) is 72.7 Å². The molecule has 0 spiro atoms. The van der Waals surface area contributed by atoms with Crippen molar-refractivity contribution in [3.63, 3.8) is 0 Å². The molecule has 4 rings (SSSR count). The molecule has 0 fully saturated rings. The van der Waals surface area contributed by atoms with Gasteiger partial charge in [0.1, 0.15) is 11.6 Å². The topological polar surface area (TPSA) is 41.3 Å². The van der Waals surface area contributed by atoms with Crippen LogP contribution in [0.25, 0.3) is 22.6 Å². The number of unbranched alkanes of at least 4 members (excludes halogenated alkanes) is 2. The summed E-state index contributed by atoms with van der Waals surface area (Å²) >= 11 is 6.24. The number of aryl methyl sites for hydroxylation is 1. The normalized spacial score (nSPS) is 11.4. The number of hydrogen-bond donors (Lipinski definition) is 1. The van der Waals surface area contributed by atoms with Gasteiger partial charge in [-0.1, -0.05) is 98.5 Å². The van der Waals surface area contributed by atoms with Crippen LogP contribution in [0.4, 0.5) is 0 Å². The Labute approximate surface area is 226 Å². The van der Waals surface area contributed by atoms with Crippen molar-refractivity contribution in [3.05, 3.63) is 94.6 Å². The number of halogens is 1. The summed E-state index contributed by atoms with van der Waals surface area (Å²) in [6, 6.07) is 24.3. The Morgan fingerprint density at radius 3 is 2.30 bits per heavy atom. The Balaban J connectivity index is 1.82. The van der Waals surface area contributed by atoms with E-state index in [1.807, 2.05) is 24.3 Å². The molecule has 4 aromatic rings. The monoisotopic (exact) mass is 515 g/mol. The van der Waals surface area contributed by atoms with Gasteiger partial charge in [-0.25, -0.2) is 4.98 Å². The first-order valence-corrected chi connectivity index (χ1v) is 13.8. The van der Waals surface area contributed by atoms with E-state index < -0.39 is 0 Å². The van der Waals surface area contributed by atoms with E-state index in [9.17, 15) is 5.11 Å². The third kappa shape index (κ3) is 6.82. The SMILES string of the molecule is CCCCN(Cc1cc(C)ccc1O)Cc1c(-c2ccc(Cl)cc2)nc(-c2ccccc2)n1CCCC. The molecule has 0 atom stereocenters. The molecule has 0 saturated heterocycles. The van der Waals surface area contributed by atoms with Crippen LogP contribution in [0.15, 0.2) is 72.8 Å². The molecular weight excluding hydrogens is 478 g/mol.